The Hall–Kier alpha value is -1.92. The minimum absolute atomic E-state index is 0.0761. The minimum Gasteiger partial charge on any atom is -0.334 e. The third kappa shape index (κ3) is 4.50. The molecular formula is C21H25BrN4O. The third-order valence-electron chi connectivity index (χ3n) is 5.80. The molecule has 3 aliphatic heterocycles. The Labute approximate surface area is 168 Å². The lowest BCUT2D eigenvalue weighted by Crippen LogP contribution is -2.65. The number of hydrogen-bond acceptors (Lipinski definition) is 3. The lowest BCUT2D eigenvalue weighted by molar-refractivity contribution is 0.0177. The predicted molar refractivity (Wildman–Crippen MR) is 109 cm³/mol. The maximum atomic E-state index is 12.6. The smallest absolute Gasteiger partial charge is 0.315 e. The largest absolute Gasteiger partial charge is 0.334 e. The fraction of sp³-hybridized carbons (Fsp3) is 0.429. The molecule has 3 fully saturated rings. The van der Waals surface area contributed by atoms with Crippen molar-refractivity contribution in [3.05, 3.63) is 64.4 Å². The van der Waals surface area contributed by atoms with E-state index < -0.39 is 0 Å². The summed E-state index contributed by atoms with van der Waals surface area (Å²) in [6.07, 6.45) is 7.01. The molecular weight excluding hydrogens is 404 g/mol. The summed E-state index contributed by atoms with van der Waals surface area (Å²) in [5.41, 5.74) is 2.33. The van der Waals surface area contributed by atoms with E-state index >= 15 is 0 Å². The number of piperidine rings is 3. The average molecular weight is 429 g/mol. The monoisotopic (exact) mass is 428 g/mol. The topological polar surface area (TPSA) is 57.3 Å². The zero-order chi connectivity index (χ0) is 18.6. The third-order valence-corrected chi connectivity index (χ3v) is 6.33. The first-order chi connectivity index (χ1) is 13.2. The van der Waals surface area contributed by atoms with Crippen molar-refractivity contribution >= 4 is 22.0 Å². The molecule has 6 heteroatoms. The molecule has 2 bridgehead atoms. The van der Waals surface area contributed by atoms with Gasteiger partial charge in [0, 0.05) is 35.5 Å². The predicted octanol–water partition coefficient (Wildman–Crippen LogP) is 3.35. The van der Waals surface area contributed by atoms with E-state index in [1.54, 1.807) is 0 Å². The molecule has 4 heterocycles. The van der Waals surface area contributed by atoms with Gasteiger partial charge in [0.1, 0.15) is 0 Å². The van der Waals surface area contributed by atoms with Crippen molar-refractivity contribution in [2.75, 3.05) is 13.1 Å². The summed E-state index contributed by atoms with van der Waals surface area (Å²) in [5, 5.41) is 6.29. The van der Waals surface area contributed by atoms with Gasteiger partial charge < -0.3 is 10.6 Å². The van der Waals surface area contributed by atoms with E-state index in [9.17, 15) is 4.79 Å². The summed E-state index contributed by atoms with van der Waals surface area (Å²) in [4.78, 5) is 19.3. The van der Waals surface area contributed by atoms with Gasteiger partial charge in [0.2, 0.25) is 0 Å². The van der Waals surface area contributed by atoms with E-state index in [0.29, 0.717) is 18.5 Å². The number of pyridine rings is 1. The number of carbonyl (C=O) groups is 1. The van der Waals surface area contributed by atoms with E-state index in [0.717, 1.165) is 29.5 Å². The lowest BCUT2D eigenvalue weighted by atomic mass is 9.77. The van der Waals surface area contributed by atoms with Crippen LogP contribution in [-0.2, 0) is 13.0 Å². The Bertz CT molecular complexity index is 760. The standard InChI is InChI=1S/C21H25BrN4O/c22-18-5-3-15(4-6-18)14-24-21(27)25-20-17-7-10-26(11-8-17)19(20)12-16-2-1-9-23-13-16/h1-6,9,13,17,19-20H,7-8,10-12,14H2,(H2,24,25,27)/t19-,20-/m1/s1. The highest BCUT2D eigenvalue weighted by atomic mass is 79.9. The molecule has 0 unspecified atom stereocenters. The van der Waals surface area contributed by atoms with Gasteiger partial charge >= 0.3 is 6.03 Å². The Kier molecular flexibility index (Phi) is 5.74. The number of urea groups is 1. The van der Waals surface area contributed by atoms with E-state index in [4.69, 9.17) is 0 Å². The first kappa shape index (κ1) is 18.4. The molecule has 0 spiro atoms. The lowest BCUT2D eigenvalue weighted by Gasteiger charge is -2.51. The van der Waals surface area contributed by atoms with Crippen LogP contribution in [0.4, 0.5) is 4.79 Å². The van der Waals surface area contributed by atoms with Crippen LogP contribution in [0.2, 0.25) is 0 Å². The summed E-state index contributed by atoms with van der Waals surface area (Å²) in [6.45, 7) is 2.80. The molecule has 0 radical (unpaired) electrons. The molecule has 5 rings (SSSR count). The zero-order valence-corrected chi connectivity index (χ0v) is 16.9. The summed E-state index contributed by atoms with van der Waals surface area (Å²) >= 11 is 3.43. The molecule has 1 aromatic heterocycles. The van der Waals surface area contributed by atoms with E-state index in [1.807, 2.05) is 42.7 Å². The van der Waals surface area contributed by atoms with Crippen LogP contribution in [-0.4, -0.2) is 41.1 Å². The molecule has 0 saturated carbocycles. The highest BCUT2D eigenvalue weighted by molar-refractivity contribution is 9.10. The molecule has 2 N–H and O–H groups in total. The number of halogens is 1. The number of fused-ring (bicyclic) bond motifs is 3. The quantitative estimate of drug-likeness (QED) is 0.767. The van der Waals surface area contributed by atoms with Crippen molar-refractivity contribution in [2.45, 2.75) is 37.9 Å². The second kappa shape index (κ2) is 8.40. The first-order valence-corrected chi connectivity index (χ1v) is 10.4. The molecule has 1 aromatic carbocycles. The molecule has 2 aromatic rings. The van der Waals surface area contributed by atoms with Gasteiger partial charge in [-0.15, -0.1) is 0 Å². The van der Waals surface area contributed by atoms with Crippen molar-refractivity contribution in [2.24, 2.45) is 5.92 Å². The Balaban J connectivity index is 1.39. The highest BCUT2D eigenvalue weighted by Crippen LogP contribution is 2.33. The first-order valence-electron chi connectivity index (χ1n) is 9.61. The van der Waals surface area contributed by atoms with Crippen LogP contribution < -0.4 is 10.6 Å². The van der Waals surface area contributed by atoms with Gasteiger partial charge in [0.25, 0.3) is 0 Å². The van der Waals surface area contributed by atoms with Crippen molar-refractivity contribution in [3.8, 4) is 0 Å². The maximum absolute atomic E-state index is 12.6. The summed E-state index contributed by atoms with van der Waals surface area (Å²) in [7, 11) is 0. The molecule has 2 atom stereocenters. The normalized spacial score (nSPS) is 26.6. The Morgan fingerprint density at radius 2 is 1.93 bits per heavy atom. The van der Waals surface area contributed by atoms with Crippen molar-refractivity contribution in [1.29, 1.82) is 0 Å². The van der Waals surface area contributed by atoms with Crippen molar-refractivity contribution in [3.63, 3.8) is 0 Å². The fourth-order valence-corrected chi connectivity index (χ4v) is 4.63. The minimum atomic E-state index is -0.0761. The van der Waals surface area contributed by atoms with Gasteiger partial charge in [-0.05, 0) is 67.6 Å². The molecule has 3 aliphatic rings. The molecule has 5 nitrogen and oxygen atoms in total. The molecule has 27 heavy (non-hydrogen) atoms. The number of rotatable bonds is 5. The maximum Gasteiger partial charge on any atom is 0.315 e. The Morgan fingerprint density at radius 3 is 2.63 bits per heavy atom. The van der Waals surface area contributed by atoms with Gasteiger partial charge in [0.05, 0.1) is 0 Å². The summed E-state index contributed by atoms with van der Waals surface area (Å²) < 4.78 is 1.04. The van der Waals surface area contributed by atoms with Crippen LogP contribution in [0.1, 0.15) is 24.0 Å². The van der Waals surface area contributed by atoms with Gasteiger partial charge in [-0.2, -0.15) is 0 Å². The molecule has 142 valence electrons. The SMILES string of the molecule is O=C(NCc1ccc(Br)cc1)N[C@@H]1C2CCN(CC2)[C@@H]1Cc1cccnc1. The van der Waals surface area contributed by atoms with Gasteiger partial charge in [0.15, 0.2) is 0 Å². The molecule has 3 saturated heterocycles. The number of carbonyl (C=O) groups excluding carboxylic acids is 1. The molecule has 0 aliphatic carbocycles. The Morgan fingerprint density at radius 1 is 1.15 bits per heavy atom. The van der Waals surface area contributed by atoms with Crippen LogP contribution in [0.15, 0.2) is 53.3 Å². The number of nitrogens with one attached hydrogen (secondary N) is 2. The second-order valence-electron chi connectivity index (χ2n) is 7.49. The van der Waals surface area contributed by atoms with Crippen LogP contribution in [0, 0.1) is 5.92 Å². The van der Waals surface area contributed by atoms with E-state index in [1.165, 1.54) is 18.4 Å². The van der Waals surface area contributed by atoms with Crippen molar-refractivity contribution in [1.82, 2.24) is 20.5 Å². The van der Waals surface area contributed by atoms with E-state index in [-0.39, 0.29) is 12.1 Å². The summed E-state index contributed by atoms with van der Waals surface area (Å²) in [6, 6.07) is 12.6. The zero-order valence-electron chi connectivity index (χ0n) is 15.3. The van der Waals surface area contributed by atoms with Crippen LogP contribution in [0.3, 0.4) is 0 Å². The van der Waals surface area contributed by atoms with Crippen LogP contribution >= 0.6 is 15.9 Å². The van der Waals surface area contributed by atoms with E-state index in [2.05, 4.69) is 42.5 Å². The highest BCUT2D eigenvalue weighted by Gasteiger charge is 2.42. The van der Waals surface area contributed by atoms with Crippen molar-refractivity contribution < 1.29 is 4.79 Å². The van der Waals surface area contributed by atoms with Gasteiger partial charge in [-0.3, -0.25) is 9.88 Å². The fourth-order valence-electron chi connectivity index (χ4n) is 4.37. The van der Waals surface area contributed by atoms with Crippen LogP contribution in [0.25, 0.3) is 0 Å². The number of nitrogens with zero attached hydrogens (tertiary/aromatic N) is 2. The van der Waals surface area contributed by atoms with Gasteiger partial charge in [-0.25, -0.2) is 4.79 Å². The number of amides is 2. The number of benzene rings is 1. The molecule has 2 amide bonds. The number of hydrogen-bond donors (Lipinski definition) is 2. The average Bonchev–Trinajstić information content (AvgIpc) is 2.71. The summed E-state index contributed by atoms with van der Waals surface area (Å²) in [5.74, 6) is 0.565. The second-order valence-corrected chi connectivity index (χ2v) is 8.40. The number of aromatic nitrogens is 1. The van der Waals surface area contributed by atoms with Gasteiger partial charge in [-0.1, -0.05) is 34.1 Å². The van der Waals surface area contributed by atoms with Crippen LogP contribution in [0.5, 0.6) is 0 Å².